The summed E-state index contributed by atoms with van der Waals surface area (Å²) >= 11 is 0. The van der Waals surface area contributed by atoms with E-state index in [-0.39, 0.29) is 0 Å². The summed E-state index contributed by atoms with van der Waals surface area (Å²) in [7, 11) is 0. The summed E-state index contributed by atoms with van der Waals surface area (Å²) < 4.78 is 5.44. The van der Waals surface area contributed by atoms with E-state index >= 15 is 0 Å². The summed E-state index contributed by atoms with van der Waals surface area (Å²) in [6, 6.07) is 1.98. The van der Waals surface area contributed by atoms with Crippen LogP contribution in [0.2, 0.25) is 0 Å². The van der Waals surface area contributed by atoms with Crippen molar-refractivity contribution < 1.29 is 4.52 Å². The fourth-order valence-corrected chi connectivity index (χ4v) is 3.51. The minimum absolute atomic E-state index is 0.707. The van der Waals surface area contributed by atoms with Crippen molar-refractivity contribution in [3.63, 3.8) is 0 Å². The Morgan fingerprint density at radius 1 is 1.29 bits per heavy atom. The molecule has 0 atom stereocenters. The molecule has 0 unspecified atom stereocenters. The number of fused-ring (bicyclic) bond motifs is 1. The smallest absolute Gasteiger partial charge is 0.226 e. The first-order valence-electron chi connectivity index (χ1n) is 7.95. The van der Waals surface area contributed by atoms with Crippen LogP contribution in [0.15, 0.2) is 16.8 Å². The molecule has 21 heavy (non-hydrogen) atoms. The van der Waals surface area contributed by atoms with Crippen LogP contribution in [0.1, 0.15) is 43.6 Å². The molecule has 5 heteroatoms. The standard InChI is InChI=1S/C16H20N4O/c1-2-4-11(3-1)5-6-14-19-16(20-21-14)13-8-10-18-15-12(13)7-9-17-15/h8,10-11H,1-7,9H2,(H,17,18). The summed E-state index contributed by atoms with van der Waals surface area (Å²) in [4.78, 5) is 8.93. The molecular formula is C16H20N4O. The van der Waals surface area contributed by atoms with Gasteiger partial charge in [0, 0.05) is 30.3 Å². The Kier molecular flexibility index (Phi) is 3.33. The molecule has 0 radical (unpaired) electrons. The fourth-order valence-electron chi connectivity index (χ4n) is 3.51. The van der Waals surface area contributed by atoms with Gasteiger partial charge in [-0.15, -0.1) is 0 Å². The van der Waals surface area contributed by atoms with Crippen LogP contribution in [-0.4, -0.2) is 21.7 Å². The van der Waals surface area contributed by atoms with Gasteiger partial charge in [-0.25, -0.2) is 4.98 Å². The average molecular weight is 284 g/mol. The van der Waals surface area contributed by atoms with Crippen molar-refractivity contribution in [3.05, 3.63) is 23.7 Å². The van der Waals surface area contributed by atoms with E-state index in [9.17, 15) is 0 Å². The van der Waals surface area contributed by atoms with Gasteiger partial charge >= 0.3 is 0 Å². The second-order valence-electron chi connectivity index (χ2n) is 6.06. The largest absolute Gasteiger partial charge is 0.369 e. The first-order valence-corrected chi connectivity index (χ1v) is 7.95. The lowest BCUT2D eigenvalue weighted by Crippen LogP contribution is -1.96. The molecule has 1 saturated carbocycles. The molecule has 0 amide bonds. The van der Waals surface area contributed by atoms with Gasteiger partial charge in [0.2, 0.25) is 11.7 Å². The maximum atomic E-state index is 5.44. The maximum Gasteiger partial charge on any atom is 0.226 e. The maximum absolute atomic E-state index is 5.44. The van der Waals surface area contributed by atoms with E-state index < -0.39 is 0 Å². The number of hydrogen-bond acceptors (Lipinski definition) is 5. The van der Waals surface area contributed by atoms with Crippen molar-refractivity contribution in [2.24, 2.45) is 5.92 Å². The molecule has 0 saturated heterocycles. The van der Waals surface area contributed by atoms with E-state index in [2.05, 4.69) is 20.4 Å². The van der Waals surface area contributed by atoms with Crippen molar-refractivity contribution in [2.45, 2.75) is 44.9 Å². The molecule has 4 rings (SSSR count). The van der Waals surface area contributed by atoms with Crippen molar-refractivity contribution in [1.82, 2.24) is 15.1 Å². The highest BCUT2D eigenvalue weighted by Gasteiger charge is 2.20. The van der Waals surface area contributed by atoms with Crippen molar-refractivity contribution in [3.8, 4) is 11.4 Å². The number of hydrogen-bond donors (Lipinski definition) is 1. The lowest BCUT2D eigenvalue weighted by molar-refractivity contribution is 0.362. The van der Waals surface area contributed by atoms with E-state index in [4.69, 9.17) is 4.52 Å². The van der Waals surface area contributed by atoms with Gasteiger partial charge in [-0.05, 0) is 24.8 Å². The minimum atomic E-state index is 0.707. The number of pyridine rings is 1. The predicted molar refractivity (Wildman–Crippen MR) is 80.0 cm³/mol. The quantitative estimate of drug-likeness (QED) is 0.934. The van der Waals surface area contributed by atoms with E-state index in [0.717, 1.165) is 42.6 Å². The Labute approximate surface area is 124 Å². The van der Waals surface area contributed by atoms with Crippen LogP contribution >= 0.6 is 0 Å². The molecule has 2 aromatic heterocycles. The summed E-state index contributed by atoms with van der Waals surface area (Å²) in [5.74, 6) is 3.30. The highest BCUT2D eigenvalue weighted by molar-refractivity contribution is 5.68. The number of nitrogens with one attached hydrogen (secondary N) is 1. The third-order valence-electron chi connectivity index (χ3n) is 4.67. The van der Waals surface area contributed by atoms with Crippen LogP contribution in [0.5, 0.6) is 0 Å². The van der Waals surface area contributed by atoms with Gasteiger partial charge in [-0.2, -0.15) is 4.98 Å². The van der Waals surface area contributed by atoms with E-state index in [1.54, 1.807) is 6.20 Å². The minimum Gasteiger partial charge on any atom is -0.369 e. The third kappa shape index (κ3) is 2.52. The lowest BCUT2D eigenvalue weighted by Gasteiger charge is -2.04. The van der Waals surface area contributed by atoms with Crippen LogP contribution < -0.4 is 5.32 Å². The van der Waals surface area contributed by atoms with Gasteiger partial charge in [0.1, 0.15) is 5.82 Å². The predicted octanol–water partition coefficient (Wildman–Crippen LogP) is 3.22. The van der Waals surface area contributed by atoms with Gasteiger partial charge in [-0.3, -0.25) is 0 Å². The molecule has 1 fully saturated rings. The number of aromatic nitrogens is 3. The third-order valence-corrected chi connectivity index (χ3v) is 4.67. The first kappa shape index (κ1) is 12.8. The molecule has 2 aliphatic rings. The van der Waals surface area contributed by atoms with Crippen molar-refractivity contribution >= 4 is 5.82 Å². The van der Waals surface area contributed by atoms with Gasteiger partial charge in [0.05, 0.1) is 0 Å². The molecule has 1 N–H and O–H groups in total. The Bertz CT molecular complexity index is 631. The number of rotatable bonds is 4. The number of nitrogens with zero attached hydrogens (tertiary/aromatic N) is 3. The molecule has 2 aromatic rings. The molecule has 0 aromatic carbocycles. The highest BCUT2D eigenvalue weighted by Crippen LogP contribution is 2.31. The van der Waals surface area contributed by atoms with Crippen molar-refractivity contribution in [2.75, 3.05) is 11.9 Å². The van der Waals surface area contributed by atoms with Gasteiger partial charge in [0.25, 0.3) is 0 Å². The zero-order valence-electron chi connectivity index (χ0n) is 12.1. The SMILES string of the molecule is c1cc(-c2noc(CCC3CCCC3)n2)c2c(n1)NCC2. The molecular weight excluding hydrogens is 264 g/mol. The second-order valence-corrected chi connectivity index (χ2v) is 6.06. The highest BCUT2D eigenvalue weighted by atomic mass is 16.5. The molecule has 0 bridgehead atoms. The van der Waals surface area contributed by atoms with Gasteiger partial charge in [0.15, 0.2) is 0 Å². The summed E-state index contributed by atoms with van der Waals surface area (Å²) in [6.45, 7) is 0.936. The molecule has 110 valence electrons. The van der Waals surface area contributed by atoms with Crippen LogP contribution in [-0.2, 0) is 12.8 Å². The normalized spacial score (nSPS) is 17.9. The second kappa shape index (κ2) is 5.47. The van der Waals surface area contributed by atoms with Crippen LogP contribution in [0.3, 0.4) is 0 Å². The molecule has 1 aliphatic heterocycles. The monoisotopic (exact) mass is 284 g/mol. The van der Waals surface area contributed by atoms with Crippen LogP contribution in [0.25, 0.3) is 11.4 Å². The summed E-state index contributed by atoms with van der Waals surface area (Å²) in [5, 5.41) is 7.45. The first-order chi connectivity index (χ1) is 10.4. The lowest BCUT2D eigenvalue weighted by atomic mass is 10.0. The summed E-state index contributed by atoms with van der Waals surface area (Å²) in [5.41, 5.74) is 2.27. The topological polar surface area (TPSA) is 63.8 Å². The zero-order chi connectivity index (χ0) is 14.1. The van der Waals surface area contributed by atoms with Gasteiger partial charge < -0.3 is 9.84 Å². The van der Waals surface area contributed by atoms with Gasteiger partial charge in [-0.1, -0.05) is 30.8 Å². The molecule has 5 nitrogen and oxygen atoms in total. The van der Waals surface area contributed by atoms with Crippen molar-refractivity contribution in [1.29, 1.82) is 0 Å². The van der Waals surface area contributed by atoms with Crippen LogP contribution in [0, 0.1) is 5.92 Å². The molecule has 0 spiro atoms. The van der Waals surface area contributed by atoms with E-state index in [0.29, 0.717) is 5.82 Å². The fraction of sp³-hybridized carbons (Fsp3) is 0.562. The van der Waals surface area contributed by atoms with E-state index in [1.165, 1.54) is 37.7 Å². The Morgan fingerprint density at radius 3 is 3.10 bits per heavy atom. The Morgan fingerprint density at radius 2 is 2.19 bits per heavy atom. The molecule has 1 aliphatic carbocycles. The Hall–Kier alpha value is -1.91. The Balaban J connectivity index is 1.50. The molecule has 3 heterocycles. The van der Waals surface area contributed by atoms with Crippen LogP contribution in [0.4, 0.5) is 5.82 Å². The number of anilines is 1. The zero-order valence-corrected chi connectivity index (χ0v) is 12.1. The van der Waals surface area contributed by atoms with E-state index in [1.807, 2.05) is 6.07 Å². The summed E-state index contributed by atoms with van der Waals surface area (Å²) in [6.07, 6.45) is 10.4. The number of aryl methyl sites for hydroxylation is 1. The average Bonchev–Trinajstić information content (AvgIpc) is 3.25.